The zero-order chi connectivity index (χ0) is 10.6. The van der Waals surface area contributed by atoms with E-state index in [0.717, 1.165) is 5.69 Å². The Labute approximate surface area is 91.3 Å². The number of aliphatic carboxylic acids is 1. The summed E-state index contributed by atoms with van der Waals surface area (Å²) in [5, 5.41) is 12.3. The molecule has 0 spiro atoms. The summed E-state index contributed by atoms with van der Waals surface area (Å²) in [6, 6.07) is 9.28. The molecule has 0 amide bonds. The molecule has 0 radical (unpaired) electrons. The van der Waals surface area contributed by atoms with E-state index in [4.69, 9.17) is 5.11 Å². The van der Waals surface area contributed by atoms with Crippen LogP contribution in [0.5, 0.6) is 0 Å². The van der Waals surface area contributed by atoms with Crippen LogP contribution < -0.4 is 5.32 Å². The molecule has 0 unspecified atom stereocenters. The highest BCUT2D eigenvalue weighted by molar-refractivity contribution is 9.09. The number of nitrogens with one attached hydrogen (secondary N) is 1. The maximum Gasteiger partial charge on any atom is 0.329 e. The number of benzene rings is 1. The Balaban J connectivity index is 2.81. The van der Waals surface area contributed by atoms with E-state index in [2.05, 4.69) is 21.2 Å². The third-order valence-electron chi connectivity index (χ3n) is 1.93. The van der Waals surface area contributed by atoms with Crippen LogP contribution in [0.1, 0.15) is 6.92 Å². The Kier molecular flexibility index (Phi) is 3.52. The molecule has 0 saturated heterocycles. The normalized spacial score (nSPS) is 14.4. The highest BCUT2D eigenvalue weighted by Gasteiger charge is 2.31. The summed E-state index contributed by atoms with van der Waals surface area (Å²) in [6.45, 7) is 1.64. The van der Waals surface area contributed by atoms with E-state index in [1.54, 1.807) is 6.92 Å². The summed E-state index contributed by atoms with van der Waals surface area (Å²) in [7, 11) is 0. The summed E-state index contributed by atoms with van der Waals surface area (Å²) >= 11 is 3.19. The molecule has 0 aromatic heterocycles. The number of para-hydroxylation sites is 1. The number of hydrogen-bond acceptors (Lipinski definition) is 2. The molecule has 1 aromatic carbocycles. The van der Waals surface area contributed by atoms with Crippen LogP contribution in [0, 0.1) is 0 Å². The number of alkyl halides is 1. The fraction of sp³-hybridized carbons (Fsp3) is 0.300. The lowest BCUT2D eigenvalue weighted by Gasteiger charge is -2.24. The number of rotatable bonds is 4. The van der Waals surface area contributed by atoms with Gasteiger partial charge >= 0.3 is 5.97 Å². The van der Waals surface area contributed by atoms with Gasteiger partial charge in [-0.2, -0.15) is 0 Å². The van der Waals surface area contributed by atoms with Gasteiger partial charge in [-0.15, -0.1) is 0 Å². The lowest BCUT2D eigenvalue weighted by molar-refractivity contribution is -0.140. The van der Waals surface area contributed by atoms with Crippen LogP contribution in [0.15, 0.2) is 30.3 Å². The van der Waals surface area contributed by atoms with Gasteiger partial charge in [0, 0.05) is 11.0 Å². The molecule has 0 heterocycles. The van der Waals surface area contributed by atoms with Crippen molar-refractivity contribution in [1.29, 1.82) is 0 Å². The minimum Gasteiger partial charge on any atom is -0.479 e. The van der Waals surface area contributed by atoms with Gasteiger partial charge in [0.2, 0.25) is 0 Å². The van der Waals surface area contributed by atoms with Crippen molar-refractivity contribution in [3.05, 3.63) is 30.3 Å². The average Bonchev–Trinajstić information content (AvgIpc) is 2.19. The first-order valence-corrected chi connectivity index (χ1v) is 5.33. The fourth-order valence-corrected chi connectivity index (χ4v) is 1.36. The van der Waals surface area contributed by atoms with Crippen LogP contribution in [0.25, 0.3) is 0 Å². The maximum atomic E-state index is 11.0. The molecule has 0 aliphatic rings. The van der Waals surface area contributed by atoms with E-state index in [0.29, 0.717) is 5.33 Å². The van der Waals surface area contributed by atoms with Crippen molar-refractivity contribution >= 4 is 27.6 Å². The van der Waals surface area contributed by atoms with Gasteiger partial charge in [0.15, 0.2) is 0 Å². The lowest BCUT2D eigenvalue weighted by Crippen LogP contribution is -2.45. The fourth-order valence-electron chi connectivity index (χ4n) is 0.984. The van der Waals surface area contributed by atoms with Gasteiger partial charge in [-0.05, 0) is 19.1 Å². The van der Waals surface area contributed by atoms with Gasteiger partial charge < -0.3 is 10.4 Å². The van der Waals surface area contributed by atoms with E-state index in [1.807, 2.05) is 30.3 Å². The van der Waals surface area contributed by atoms with Crippen LogP contribution in [-0.2, 0) is 4.79 Å². The molecule has 3 nitrogen and oxygen atoms in total. The summed E-state index contributed by atoms with van der Waals surface area (Å²) in [5.41, 5.74) is -0.168. The number of halogens is 1. The van der Waals surface area contributed by atoms with E-state index in [-0.39, 0.29) is 0 Å². The quantitative estimate of drug-likeness (QED) is 0.815. The van der Waals surface area contributed by atoms with Crippen molar-refractivity contribution in [1.82, 2.24) is 0 Å². The Hall–Kier alpha value is -1.03. The molecule has 14 heavy (non-hydrogen) atoms. The zero-order valence-electron chi connectivity index (χ0n) is 7.83. The van der Waals surface area contributed by atoms with E-state index in [9.17, 15) is 4.79 Å². The number of carboxylic acids is 1. The van der Waals surface area contributed by atoms with Crippen LogP contribution in [-0.4, -0.2) is 21.9 Å². The maximum absolute atomic E-state index is 11.0. The monoisotopic (exact) mass is 257 g/mol. The molecule has 1 rings (SSSR count). The molecule has 1 atom stereocenters. The predicted molar refractivity (Wildman–Crippen MR) is 59.9 cm³/mol. The third kappa shape index (κ3) is 2.48. The van der Waals surface area contributed by atoms with Crippen molar-refractivity contribution < 1.29 is 9.90 Å². The Bertz CT molecular complexity index is 315. The van der Waals surface area contributed by atoms with E-state index in [1.165, 1.54) is 0 Å². The van der Waals surface area contributed by atoms with Gasteiger partial charge in [0.05, 0.1) is 0 Å². The molecular weight excluding hydrogens is 246 g/mol. The molecule has 1 aromatic rings. The smallest absolute Gasteiger partial charge is 0.329 e. The number of hydrogen-bond donors (Lipinski definition) is 2. The first-order chi connectivity index (χ1) is 6.58. The molecule has 0 bridgehead atoms. The number of carbonyl (C=O) groups is 1. The van der Waals surface area contributed by atoms with Crippen molar-refractivity contribution in [3.8, 4) is 0 Å². The number of anilines is 1. The molecule has 0 fully saturated rings. The van der Waals surface area contributed by atoms with Crippen LogP contribution >= 0.6 is 15.9 Å². The highest BCUT2D eigenvalue weighted by Crippen LogP contribution is 2.17. The Morgan fingerprint density at radius 3 is 2.50 bits per heavy atom. The minimum absolute atomic E-state index is 0.351. The summed E-state index contributed by atoms with van der Waals surface area (Å²) < 4.78 is 0. The van der Waals surface area contributed by atoms with Crippen LogP contribution in [0.3, 0.4) is 0 Å². The van der Waals surface area contributed by atoms with E-state index >= 15 is 0 Å². The lowest BCUT2D eigenvalue weighted by atomic mass is 10.1. The minimum atomic E-state index is -0.971. The first kappa shape index (κ1) is 11.0. The van der Waals surface area contributed by atoms with Gasteiger partial charge in [-0.3, -0.25) is 0 Å². The first-order valence-electron chi connectivity index (χ1n) is 4.21. The van der Waals surface area contributed by atoms with E-state index < -0.39 is 11.5 Å². The number of carboxylic acid groups (broad SMARTS) is 1. The Morgan fingerprint density at radius 1 is 1.50 bits per heavy atom. The largest absolute Gasteiger partial charge is 0.479 e. The topological polar surface area (TPSA) is 49.3 Å². The summed E-state index contributed by atoms with van der Waals surface area (Å²) in [6.07, 6.45) is 0. The van der Waals surface area contributed by atoms with Crippen molar-refractivity contribution in [2.45, 2.75) is 12.5 Å². The Morgan fingerprint density at radius 2 is 2.07 bits per heavy atom. The van der Waals surface area contributed by atoms with Gasteiger partial charge in [0.1, 0.15) is 5.54 Å². The second kappa shape index (κ2) is 4.46. The second-order valence-electron chi connectivity index (χ2n) is 3.26. The molecule has 2 N–H and O–H groups in total. The molecule has 0 aliphatic heterocycles. The van der Waals surface area contributed by atoms with Crippen LogP contribution in [0.4, 0.5) is 5.69 Å². The van der Waals surface area contributed by atoms with Crippen molar-refractivity contribution in [3.63, 3.8) is 0 Å². The van der Waals surface area contributed by atoms with Crippen molar-refractivity contribution in [2.75, 3.05) is 10.6 Å². The third-order valence-corrected chi connectivity index (χ3v) is 3.05. The second-order valence-corrected chi connectivity index (χ2v) is 3.82. The van der Waals surface area contributed by atoms with Crippen molar-refractivity contribution in [2.24, 2.45) is 0 Å². The SMILES string of the molecule is C[C@@](CBr)(Nc1ccccc1)C(=O)O. The molecule has 0 saturated carbocycles. The van der Waals surface area contributed by atoms with Crippen LogP contribution in [0.2, 0.25) is 0 Å². The molecule has 4 heteroatoms. The van der Waals surface area contributed by atoms with Gasteiger partial charge in [-0.1, -0.05) is 34.1 Å². The highest BCUT2D eigenvalue weighted by atomic mass is 79.9. The average molecular weight is 258 g/mol. The zero-order valence-corrected chi connectivity index (χ0v) is 9.41. The predicted octanol–water partition coefficient (Wildman–Crippen LogP) is 2.34. The summed E-state index contributed by atoms with van der Waals surface area (Å²) in [4.78, 5) is 11.0. The summed E-state index contributed by atoms with van der Waals surface area (Å²) in [5.74, 6) is -0.877. The van der Waals surface area contributed by atoms with Gasteiger partial charge in [-0.25, -0.2) is 4.79 Å². The molecular formula is C10H12BrNO2. The standard InChI is InChI=1S/C10H12BrNO2/c1-10(7-11,9(13)14)12-8-5-3-2-4-6-8/h2-6,12H,7H2,1H3,(H,13,14)/t10-/m0/s1. The molecule has 0 aliphatic carbocycles. The van der Waals surface area contributed by atoms with Gasteiger partial charge in [0.25, 0.3) is 0 Å². The molecule has 76 valence electrons.